The highest BCUT2D eigenvalue weighted by Crippen LogP contribution is 2.28. The van der Waals surface area contributed by atoms with Gasteiger partial charge >= 0.3 is 0 Å². The number of nitriles is 1. The number of hydrogen-bond donors (Lipinski definition) is 1. The van der Waals surface area contributed by atoms with Crippen LogP contribution in [0.3, 0.4) is 0 Å². The summed E-state index contributed by atoms with van der Waals surface area (Å²) in [5.41, 5.74) is 1.85. The second kappa shape index (κ2) is 6.23. The minimum absolute atomic E-state index is 0.0563. The Morgan fingerprint density at radius 2 is 2.33 bits per heavy atom. The lowest BCUT2D eigenvalue weighted by Gasteiger charge is -2.11. The van der Waals surface area contributed by atoms with Gasteiger partial charge in [-0.1, -0.05) is 6.08 Å². The number of hydrogen-bond acceptors (Lipinski definition) is 4. The van der Waals surface area contributed by atoms with Crippen LogP contribution in [0.5, 0.6) is 5.75 Å². The van der Waals surface area contributed by atoms with E-state index in [4.69, 9.17) is 10.00 Å². The number of nitrogens with one attached hydrogen (secondary N) is 1. The molecule has 0 saturated heterocycles. The molecule has 0 radical (unpaired) electrons. The van der Waals surface area contributed by atoms with E-state index in [0.29, 0.717) is 6.42 Å². The Kier molecular flexibility index (Phi) is 4.39. The fourth-order valence-corrected chi connectivity index (χ4v) is 2.08. The van der Waals surface area contributed by atoms with E-state index in [-0.39, 0.29) is 17.5 Å². The Morgan fingerprint density at radius 3 is 2.95 bits per heavy atom. The number of aromatic amines is 1. The third-order valence-corrected chi connectivity index (χ3v) is 3.01. The monoisotopic (exact) mass is 283 g/mol. The van der Waals surface area contributed by atoms with Crippen LogP contribution in [0.15, 0.2) is 30.1 Å². The van der Waals surface area contributed by atoms with Gasteiger partial charge in [0.1, 0.15) is 17.5 Å². The van der Waals surface area contributed by atoms with Crippen molar-refractivity contribution in [3.8, 4) is 11.8 Å². The van der Waals surface area contributed by atoms with Crippen molar-refractivity contribution in [2.24, 2.45) is 0 Å². The number of H-pyrrole nitrogens is 1. The largest absolute Gasteiger partial charge is 0.490 e. The number of ether oxygens (including phenoxy) is 1. The number of allylic oxidation sites excluding steroid dienone is 2. The van der Waals surface area contributed by atoms with E-state index < -0.39 is 0 Å². The zero-order chi connectivity index (χ0) is 15.4. The summed E-state index contributed by atoms with van der Waals surface area (Å²) in [6.45, 7) is 5.31. The molecule has 21 heavy (non-hydrogen) atoms. The third-order valence-electron chi connectivity index (χ3n) is 3.01. The lowest BCUT2D eigenvalue weighted by atomic mass is 10.1. The molecule has 0 spiro atoms. The summed E-state index contributed by atoms with van der Waals surface area (Å²) in [6.07, 6.45) is 5.68. The molecule has 0 aliphatic heterocycles. The van der Waals surface area contributed by atoms with Crippen LogP contribution in [0.4, 0.5) is 0 Å². The van der Waals surface area contributed by atoms with Gasteiger partial charge in [-0.2, -0.15) is 5.26 Å². The molecule has 108 valence electrons. The molecule has 1 N–H and O–H groups in total. The fourth-order valence-electron chi connectivity index (χ4n) is 2.08. The number of ketones is 1. The molecule has 0 amide bonds. The van der Waals surface area contributed by atoms with Crippen molar-refractivity contribution in [3.05, 3.63) is 35.7 Å². The van der Waals surface area contributed by atoms with Crippen LogP contribution in [0, 0.1) is 11.3 Å². The Labute approximate surface area is 123 Å². The van der Waals surface area contributed by atoms with Gasteiger partial charge in [0.15, 0.2) is 5.78 Å². The lowest BCUT2D eigenvalue weighted by molar-refractivity contribution is -0.113. The number of nitrogens with zero attached hydrogens (tertiary/aromatic N) is 2. The molecule has 0 atom stereocenters. The standard InChI is InChI=1S/C16H17N3O2/c1-10(2)21-14-6-7-18-16-15(14)13(9-19-16)5-4-12(8-17)11(3)20/h4,6-7,9-10H,5H2,1-3H3,(H,18,19)/b12-4-. The normalized spacial score (nSPS) is 11.7. The van der Waals surface area contributed by atoms with Gasteiger partial charge in [0, 0.05) is 12.4 Å². The van der Waals surface area contributed by atoms with Crippen LogP contribution in [0.2, 0.25) is 0 Å². The van der Waals surface area contributed by atoms with Crippen LogP contribution in [0.25, 0.3) is 11.0 Å². The van der Waals surface area contributed by atoms with E-state index in [1.165, 1.54) is 6.92 Å². The van der Waals surface area contributed by atoms with Gasteiger partial charge in [0.05, 0.1) is 17.1 Å². The number of carbonyl (C=O) groups excluding carboxylic acids is 1. The quantitative estimate of drug-likeness (QED) is 0.676. The van der Waals surface area contributed by atoms with Crippen LogP contribution >= 0.6 is 0 Å². The van der Waals surface area contributed by atoms with Gasteiger partial charge in [-0.25, -0.2) is 4.98 Å². The Bertz CT molecular complexity index is 736. The summed E-state index contributed by atoms with van der Waals surface area (Å²) in [5, 5.41) is 9.82. The zero-order valence-electron chi connectivity index (χ0n) is 12.3. The predicted molar refractivity (Wildman–Crippen MR) is 79.9 cm³/mol. The van der Waals surface area contributed by atoms with Crippen LogP contribution in [0.1, 0.15) is 26.3 Å². The summed E-state index contributed by atoms with van der Waals surface area (Å²) in [5.74, 6) is 0.523. The molecule has 0 unspecified atom stereocenters. The highest BCUT2D eigenvalue weighted by molar-refractivity contribution is 5.97. The number of Topliss-reactive ketones (excluding diaryl/α,β-unsaturated/α-hetero) is 1. The molecule has 2 rings (SSSR count). The first-order valence-corrected chi connectivity index (χ1v) is 6.75. The number of carbonyl (C=O) groups is 1. The summed E-state index contributed by atoms with van der Waals surface area (Å²) < 4.78 is 5.79. The average Bonchev–Trinajstić information content (AvgIpc) is 2.83. The minimum atomic E-state index is -0.228. The summed E-state index contributed by atoms with van der Waals surface area (Å²) in [7, 11) is 0. The minimum Gasteiger partial charge on any atom is -0.490 e. The molecule has 0 aliphatic carbocycles. The Morgan fingerprint density at radius 1 is 1.57 bits per heavy atom. The molecule has 0 fully saturated rings. The van der Waals surface area contributed by atoms with Gasteiger partial charge in [0.25, 0.3) is 0 Å². The van der Waals surface area contributed by atoms with Gasteiger partial charge in [-0.3, -0.25) is 4.79 Å². The van der Waals surface area contributed by atoms with Gasteiger partial charge in [-0.15, -0.1) is 0 Å². The van der Waals surface area contributed by atoms with Gasteiger partial charge < -0.3 is 9.72 Å². The highest BCUT2D eigenvalue weighted by Gasteiger charge is 2.12. The van der Waals surface area contributed by atoms with Crippen molar-refractivity contribution in [2.75, 3.05) is 0 Å². The molecule has 2 heterocycles. The number of fused-ring (bicyclic) bond motifs is 1. The summed E-state index contributed by atoms with van der Waals surface area (Å²) >= 11 is 0. The van der Waals surface area contributed by atoms with Crippen molar-refractivity contribution in [2.45, 2.75) is 33.3 Å². The first-order valence-electron chi connectivity index (χ1n) is 6.75. The molecule has 5 heteroatoms. The molecule has 2 aromatic rings. The number of aromatic nitrogens is 2. The first-order chi connectivity index (χ1) is 10.0. The van der Waals surface area contributed by atoms with E-state index in [0.717, 1.165) is 22.3 Å². The van der Waals surface area contributed by atoms with Crippen LogP contribution in [-0.4, -0.2) is 21.9 Å². The van der Waals surface area contributed by atoms with Crippen molar-refractivity contribution in [3.63, 3.8) is 0 Å². The first kappa shape index (κ1) is 14.8. The Hall–Kier alpha value is -2.61. The molecular weight excluding hydrogens is 266 g/mol. The predicted octanol–water partition coefficient (Wildman–Crippen LogP) is 2.93. The van der Waals surface area contributed by atoms with E-state index in [1.807, 2.05) is 32.2 Å². The van der Waals surface area contributed by atoms with Crippen molar-refractivity contribution in [1.82, 2.24) is 9.97 Å². The molecule has 0 aromatic carbocycles. The maximum Gasteiger partial charge on any atom is 0.169 e. The molecule has 0 saturated carbocycles. The van der Waals surface area contributed by atoms with Crippen LogP contribution in [-0.2, 0) is 11.2 Å². The maximum absolute atomic E-state index is 11.3. The van der Waals surface area contributed by atoms with E-state index in [2.05, 4.69) is 9.97 Å². The molecule has 0 aliphatic rings. The van der Waals surface area contributed by atoms with Crippen LogP contribution < -0.4 is 4.74 Å². The summed E-state index contributed by atoms with van der Waals surface area (Å²) in [6, 6.07) is 3.73. The second-order valence-corrected chi connectivity index (χ2v) is 5.00. The molecule has 0 bridgehead atoms. The van der Waals surface area contributed by atoms with Gasteiger partial charge in [-0.05, 0) is 38.8 Å². The summed E-state index contributed by atoms with van der Waals surface area (Å²) in [4.78, 5) is 18.6. The number of rotatable bonds is 5. The third kappa shape index (κ3) is 3.29. The fraction of sp³-hybridized carbons (Fsp3) is 0.312. The zero-order valence-corrected chi connectivity index (χ0v) is 12.3. The smallest absolute Gasteiger partial charge is 0.169 e. The molecule has 5 nitrogen and oxygen atoms in total. The average molecular weight is 283 g/mol. The van der Waals surface area contributed by atoms with Crippen molar-refractivity contribution in [1.29, 1.82) is 5.26 Å². The Balaban J connectivity index is 2.41. The van der Waals surface area contributed by atoms with Gasteiger partial charge in [0.2, 0.25) is 0 Å². The lowest BCUT2D eigenvalue weighted by Crippen LogP contribution is -2.06. The molecular formula is C16H17N3O2. The maximum atomic E-state index is 11.3. The van der Waals surface area contributed by atoms with E-state index in [9.17, 15) is 4.79 Å². The second-order valence-electron chi connectivity index (χ2n) is 5.00. The molecule has 2 aromatic heterocycles. The van der Waals surface area contributed by atoms with E-state index in [1.54, 1.807) is 12.3 Å². The SMILES string of the molecule is CC(=O)/C(C#N)=C\Cc1c[nH]c2nccc(OC(C)C)c12. The highest BCUT2D eigenvalue weighted by atomic mass is 16.5. The van der Waals surface area contributed by atoms with E-state index >= 15 is 0 Å². The number of pyridine rings is 1. The van der Waals surface area contributed by atoms with Crippen molar-refractivity contribution >= 4 is 16.8 Å². The van der Waals surface area contributed by atoms with Crippen molar-refractivity contribution < 1.29 is 9.53 Å². The topological polar surface area (TPSA) is 78.8 Å².